The smallest absolute Gasteiger partial charge is 0.496 e. The molecule has 0 fully saturated rings. The van der Waals surface area contributed by atoms with Crippen LogP contribution in [-0.4, -0.2) is 33.6 Å². The van der Waals surface area contributed by atoms with Crippen molar-refractivity contribution in [3.05, 3.63) is 42.0 Å². The van der Waals surface area contributed by atoms with Gasteiger partial charge >= 0.3 is 6.36 Å². The van der Waals surface area contributed by atoms with E-state index in [-0.39, 0.29) is 22.7 Å². The van der Waals surface area contributed by atoms with Crippen LogP contribution in [0.25, 0.3) is 0 Å². The Kier molecular flexibility index (Phi) is 5.81. The number of benzene rings is 2. The molecule has 1 N–H and O–H groups in total. The Morgan fingerprint density at radius 1 is 0.885 bits per heavy atom. The second kappa shape index (κ2) is 7.85. The third-order valence-electron chi connectivity index (χ3n) is 3.30. The van der Waals surface area contributed by atoms with E-state index < -0.39 is 12.3 Å². The number of methoxy groups -OCH3 is 3. The van der Waals surface area contributed by atoms with Gasteiger partial charge in [0.2, 0.25) is 0 Å². The molecule has 2 rings (SSSR count). The first-order chi connectivity index (χ1) is 12.3. The zero-order valence-corrected chi connectivity index (χ0v) is 14.1. The van der Waals surface area contributed by atoms with Crippen LogP contribution in [0.2, 0.25) is 0 Å². The van der Waals surface area contributed by atoms with E-state index in [4.69, 9.17) is 14.2 Å². The molecule has 140 valence electrons. The highest BCUT2D eigenvalue weighted by molar-refractivity contribution is 6.06. The van der Waals surface area contributed by atoms with Crippen molar-refractivity contribution in [1.82, 2.24) is 0 Å². The van der Waals surface area contributed by atoms with Crippen molar-refractivity contribution in [1.29, 1.82) is 0 Å². The van der Waals surface area contributed by atoms with Crippen molar-refractivity contribution in [3.8, 4) is 23.0 Å². The standard InChI is InChI=1S/C17H16F3NO5/c1-23-13-9-15(25-3)14(24-2)8-12(13)16(22)21-10-4-6-11(7-5-10)26-17(18,19)20/h4-9H,1-3H3,(H,21,22). The minimum Gasteiger partial charge on any atom is -0.496 e. The molecule has 0 radical (unpaired) electrons. The molecule has 1 amide bonds. The molecule has 0 heterocycles. The molecule has 0 spiro atoms. The van der Waals surface area contributed by atoms with Gasteiger partial charge in [-0.25, -0.2) is 0 Å². The molecule has 26 heavy (non-hydrogen) atoms. The molecule has 0 aliphatic rings. The van der Waals surface area contributed by atoms with Gasteiger partial charge in [-0.1, -0.05) is 0 Å². The van der Waals surface area contributed by atoms with Crippen LogP contribution in [0.5, 0.6) is 23.0 Å². The van der Waals surface area contributed by atoms with Gasteiger partial charge in [-0.3, -0.25) is 4.79 Å². The summed E-state index contributed by atoms with van der Waals surface area (Å²) in [4.78, 5) is 12.5. The maximum atomic E-state index is 12.5. The van der Waals surface area contributed by atoms with Crippen LogP contribution in [0, 0.1) is 0 Å². The number of ether oxygens (including phenoxy) is 4. The number of alkyl halides is 3. The van der Waals surface area contributed by atoms with Crippen molar-refractivity contribution >= 4 is 11.6 Å². The molecule has 0 bridgehead atoms. The summed E-state index contributed by atoms with van der Waals surface area (Å²) in [5, 5.41) is 2.56. The lowest BCUT2D eigenvalue weighted by Crippen LogP contribution is -2.17. The van der Waals surface area contributed by atoms with E-state index >= 15 is 0 Å². The minimum absolute atomic E-state index is 0.167. The van der Waals surface area contributed by atoms with Gasteiger partial charge < -0.3 is 24.3 Å². The topological polar surface area (TPSA) is 66.0 Å². The average Bonchev–Trinajstić information content (AvgIpc) is 2.60. The maximum Gasteiger partial charge on any atom is 0.573 e. The minimum atomic E-state index is -4.78. The summed E-state index contributed by atoms with van der Waals surface area (Å²) in [6.45, 7) is 0. The van der Waals surface area contributed by atoms with Crippen LogP contribution in [0.1, 0.15) is 10.4 Å². The average molecular weight is 371 g/mol. The van der Waals surface area contributed by atoms with Gasteiger partial charge in [-0.2, -0.15) is 0 Å². The lowest BCUT2D eigenvalue weighted by Gasteiger charge is -2.14. The SMILES string of the molecule is COc1cc(OC)c(C(=O)Nc2ccc(OC(F)(F)F)cc2)cc1OC. The van der Waals surface area contributed by atoms with Gasteiger partial charge in [-0.05, 0) is 24.3 Å². The van der Waals surface area contributed by atoms with Crippen LogP contribution in [-0.2, 0) is 0 Å². The van der Waals surface area contributed by atoms with E-state index in [9.17, 15) is 18.0 Å². The number of nitrogens with one attached hydrogen (secondary N) is 1. The molecule has 2 aromatic rings. The first-order valence-electron chi connectivity index (χ1n) is 7.24. The number of hydrogen-bond donors (Lipinski definition) is 1. The number of hydrogen-bond acceptors (Lipinski definition) is 5. The van der Waals surface area contributed by atoms with Gasteiger partial charge in [0.1, 0.15) is 11.5 Å². The van der Waals surface area contributed by atoms with Gasteiger partial charge in [-0.15, -0.1) is 13.2 Å². The Balaban J connectivity index is 2.21. The summed E-state index contributed by atoms with van der Waals surface area (Å²) in [6, 6.07) is 7.68. The van der Waals surface area contributed by atoms with Crippen LogP contribution >= 0.6 is 0 Å². The fourth-order valence-electron chi connectivity index (χ4n) is 2.15. The molecule has 0 aliphatic carbocycles. The molecule has 0 aliphatic heterocycles. The molecule has 0 saturated heterocycles. The predicted molar refractivity (Wildman–Crippen MR) is 87.2 cm³/mol. The first-order valence-corrected chi connectivity index (χ1v) is 7.24. The molecule has 0 unspecified atom stereocenters. The van der Waals surface area contributed by atoms with Gasteiger partial charge in [0.25, 0.3) is 5.91 Å². The maximum absolute atomic E-state index is 12.5. The normalized spacial score (nSPS) is 10.8. The zero-order chi connectivity index (χ0) is 19.3. The van der Waals surface area contributed by atoms with Gasteiger partial charge in [0.05, 0.1) is 26.9 Å². The number of amides is 1. The van der Waals surface area contributed by atoms with Crippen molar-refractivity contribution in [3.63, 3.8) is 0 Å². The summed E-state index contributed by atoms with van der Waals surface area (Å²) in [5.74, 6) is 0.0330. The molecule has 9 heteroatoms. The van der Waals surface area contributed by atoms with Crippen LogP contribution in [0.4, 0.5) is 18.9 Å². The quantitative estimate of drug-likeness (QED) is 0.835. The lowest BCUT2D eigenvalue weighted by atomic mass is 10.1. The molecule has 2 aromatic carbocycles. The van der Waals surface area contributed by atoms with E-state index in [1.807, 2.05) is 0 Å². The third kappa shape index (κ3) is 4.71. The fourth-order valence-corrected chi connectivity index (χ4v) is 2.15. The highest BCUT2D eigenvalue weighted by atomic mass is 19.4. The number of rotatable bonds is 6. The highest BCUT2D eigenvalue weighted by Crippen LogP contribution is 2.35. The Hall–Kier alpha value is -3.10. The molecule has 0 saturated carbocycles. The van der Waals surface area contributed by atoms with Crippen molar-refractivity contribution < 1.29 is 36.9 Å². The highest BCUT2D eigenvalue weighted by Gasteiger charge is 2.31. The van der Waals surface area contributed by atoms with E-state index in [0.717, 1.165) is 12.1 Å². The second-order valence-electron chi connectivity index (χ2n) is 4.93. The summed E-state index contributed by atoms with van der Waals surface area (Å²) < 4.78 is 55.7. The van der Waals surface area contributed by atoms with Crippen LogP contribution in [0.15, 0.2) is 36.4 Å². The van der Waals surface area contributed by atoms with Crippen molar-refractivity contribution in [2.45, 2.75) is 6.36 Å². The molecular formula is C17H16F3NO5. The zero-order valence-electron chi connectivity index (χ0n) is 14.1. The Morgan fingerprint density at radius 3 is 1.92 bits per heavy atom. The number of carbonyl (C=O) groups excluding carboxylic acids is 1. The Bertz CT molecular complexity index is 775. The van der Waals surface area contributed by atoms with E-state index in [1.165, 1.54) is 45.6 Å². The van der Waals surface area contributed by atoms with Gasteiger partial charge in [0, 0.05) is 17.8 Å². The van der Waals surface area contributed by atoms with E-state index in [2.05, 4.69) is 10.1 Å². The van der Waals surface area contributed by atoms with E-state index in [0.29, 0.717) is 11.5 Å². The summed E-state index contributed by atoms with van der Waals surface area (Å²) in [7, 11) is 4.26. The number of anilines is 1. The Morgan fingerprint density at radius 2 is 1.42 bits per heavy atom. The second-order valence-corrected chi connectivity index (χ2v) is 4.93. The first kappa shape index (κ1) is 19.2. The molecule has 0 aromatic heterocycles. The molecular weight excluding hydrogens is 355 g/mol. The van der Waals surface area contributed by atoms with Gasteiger partial charge in [0.15, 0.2) is 11.5 Å². The largest absolute Gasteiger partial charge is 0.573 e. The summed E-state index contributed by atoms with van der Waals surface area (Å²) in [5.41, 5.74) is 0.446. The number of carbonyl (C=O) groups is 1. The molecule has 6 nitrogen and oxygen atoms in total. The van der Waals surface area contributed by atoms with Crippen LogP contribution < -0.4 is 24.3 Å². The predicted octanol–water partition coefficient (Wildman–Crippen LogP) is 3.86. The van der Waals surface area contributed by atoms with E-state index in [1.54, 1.807) is 0 Å². The Labute approximate surface area is 147 Å². The van der Waals surface area contributed by atoms with Crippen molar-refractivity contribution in [2.75, 3.05) is 26.6 Å². The monoisotopic (exact) mass is 371 g/mol. The lowest BCUT2D eigenvalue weighted by molar-refractivity contribution is -0.274. The van der Waals surface area contributed by atoms with Crippen molar-refractivity contribution in [2.24, 2.45) is 0 Å². The summed E-state index contributed by atoms with van der Waals surface area (Å²) in [6.07, 6.45) is -4.78. The van der Waals surface area contributed by atoms with Crippen LogP contribution in [0.3, 0.4) is 0 Å². The fraction of sp³-hybridized carbons (Fsp3) is 0.235. The summed E-state index contributed by atoms with van der Waals surface area (Å²) >= 11 is 0. The third-order valence-corrected chi connectivity index (χ3v) is 3.30. The molecule has 0 atom stereocenters. The number of halogens is 3.